The first kappa shape index (κ1) is 20.2. The van der Waals surface area contributed by atoms with Crippen molar-refractivity contribution < 1.29 is 17.9 Å². The lowest BCUT2D eigenvalue weighted by molar-refractivity contribution is -0.121. The van der Waals surface area contributed by atoms with Crippen molar-refractivity contribution in [3.8, 4) is 5.75 Å². The summed E-state index contributed by atoms with van der Waals surface area (Å²) in [5.74, 6) is 0.205. The maximum Gasteiger partial charge on any atom is 0.243 e. The molecule has 6 nitrogen and oxygen atoms in total. The van der Waals surface area contributed by atoms with Gasteiger partial charge in [-0.05, 0) is 36.8 Å². The third-order valence-corrected chi connectivity index (χ3v) is 5.88. The topological polar surface area (TPSA) is 75.7 Å². The van der Waals surface area contributed by atoms with Crippen LogP contribution in [-0.2, 0) is 14.8 Å². The summed E-state index contributed by atoms with van der Waals surface area (Å²) < 4.78 is 31.2. The van der Waals surface area contributed by atoms with Crippen molar-refractivity contribution in [2.75, 3.05) is 26.7 Å². The highest BCUT2D eigenvalue weighted by Crippen LogP contribution is 2.21. The predicted molar refractivity (Wildman–Crippen MR) is 101 cm³/mol. The molecule has 26 heavy (non-hydrogen) atoms. The molecule has 2 aromatic carbocycles. The van der Waals surface area contributed by atoms with Gasteiger partial charge in [-0.25, -0.2) is 8.42 Å². The molecule has 0 radical (unpaired) electrons. The summed E-state index contributed by atoms with van der Waals surface area (Å²) in [7, 11) is -2.32. The van der Waals surface area contributed by atoms with Crippen molar-refractivity contribution in [2.24, 2.45) is 0 Å². The van der Waals surface area contributed by atoms with Crippen molar-refractivity contribution in [3.63, 3.8) is 0 Å². The lowest BCUT2D eigenvalue weighted by Crippen LogP contribution is -2.39. The number of sulfonamides is 1. The van der Waals surface area contributed by atoms with Gasteiger partial charge < -0.3 is 10.1 Å². The number of benzene rings is 2. The summed E-state index contributed by atoms with van der Waals surface area (Å²) >= 11 is 6.02. The molecule has 0 saturated heterocycles. The van der Waals surface area contributed by atoms with Crippen LogP contribution >= 0.6 is 11.6 Å². The quantitative estimate of drug-likeness (QED) is 0.695. The molecule has 0 aliphatic carbocycles. The molecule has 1 amide bonds. The van der Waals surface area contributed by atoms with E-state index in [1.807, 2.05) is 13.0 Å². The van der Waals surface area contributed by atoms with Crippen molar-refractivity contribution in [2.45, 2.75) is 11.8 Å². The number of rotatable bonds is 8. The largest absolute Gasteiger partial charge is 0.492 e. The van der Waals surface area contributed by atoms with Gasteiger partial charge in [0.05, 0.1) is 18.0 Å². The Balaban J connectivity index is 1.78. The minimum absolute atomic E-state index is 0.148. The van der Waals surface area contributed by atoms with Crippen LogP contribution in [0.5, 0.6) is 5.75 Å². The molecule has 1 N–H and O–H groups in total. The number of amides is 1. The highest BCUT2D eigenvalue weighted by atomic mass is 35.5. The molecular formula is C18H21ClN2O4S. The van der Waals surface area contributed by atoms with E-state index < -0.39 is 15.9 Å². The molecule has 0 heterocycles. The van der Waals surface area contributed by atoms with Crippen LogP contribution in [0.15, 0.2) is 53.4 Å². The van der Waals surface area contributed by atoms with Gasteiger partial charge in [0.2, 0.25) is 15.9 Å². The van der Waals surface area contributed by atoms with E-state index in [0.717, 1.165) is 9.87 Å². The van der Waals surface area contributed by atoms with E-state index in [0.29, 0.717) is 10.8 Å². The summed E-state index contributed by atoms with van der Waals surface area (Å²) in [4.78, 5) is 12.1. The molecule has 0 aromatic heterocycles. The number of halogens is 1. The highest BCUT2D eigenvalue weighted by Gasteiger charge is 2.22. The molecule has 8 heteroatoms. The molecular weight excluding hydrogens is 376 g/mol. The molecule has 0 unspecified atom stereocenters. The lowest BCUT2D eigenvalue weighted by atomic mass is 10.2. The molecule has 0 aliphatic rings. The van der Waals surface area contributed by atoms with E-state index in [2.05, 4.69) is 5.32 Å². The predicted octanol–water partition coefficient (Wildman–Crippen LogP) is 2.46. The first-order valence-corrected chi connectivity index (χ1v) is 9.79. The van der Waals surface area contributed by atoms with Gasteiger partial charge in [-0.15, -0.1) is 0 Å². The molecule has 0 aliphatic heterocycles. The Labute approximate surface area is 158 Å². The monoisotopic (exact) mass is 396 g/mol. The average Bonchev–Trinajstić information content (AvgIpc) is 2.62. The number of hydrogen-bond donors (Lipinski definition) is 1. The second-order valence-electron chi connectivity index (χ2n) is 5.68. The molecule has 140 valence electrons. The van der Waals surface area contributed by atoms with Gasteiger partial charge in [-0.3, -0.25) is 4.79 Å². The van der Waals surface area contributed by atoms with Gasteiger partial charge in [0.1, 0.15) is 12.4 Å². The Kier molecular flexibility index (Phi) is 7.02. The molecule has 0 spiro atoms. The van der Waals surface area contributed by atoms with E-state index in [-0.39, 0.29) is 24.6 Å². The van der Waals surface area contributed by atoms with Crippen molar-refractivity contribution >= 4 is 27.5 Å². The Hall–Kier alpha value is -2.09. The van der Waals surface area contributed by atoms with Gasteiger partial charge >= 0.3 is 0 Å². The number of likely N-dealkylation sites (N-methyl/N-ethyl adjacent to an activating group) is 1. The van der Waals surface area contributed by atoms with Gasteiger partial charge in [0.25, 0.3) is 0 Å². The molecule has 0 atom stereocenters. The zero-order valence-corrected chi connectivity index (χ0v) is 16.2. The van der Waals surface area contributed by atoms with Gasteiger partial charge in [-0.2, -0.15) is 4.31 Å². The lowest BCUT2D eigenvalue weighted by Gasteiger charge is -2.17. The molecule has 2 aromatic rings. The summed E-state index contributed by atoms with van der Waals surface area (Å²) in [6.45, 7) is 2.13. The van der Waals surface area contributed by atoms with Crippen LogP contribution in [-0.4, -0.2) is 45.4 Å². The molecule has 0 fully saturated rings. The Morgan fingerprint density at radius 1 is 1.19 bits per heavy atom. The van der Waals surface area contributed by atoms with Crippen LogP contribution in [0.4, 0.5) is 0 Å². The van der Waals surface area contributed by atoms with E-state index in [1.54, 1.807) is 30.3 Å². The van der Waals surface area contributed by atoms with E-state index in [1.165, 1.54) is 19.2 Å². The van der Waals surface area contributed by atoms with Crippen molar-refractivity contribution in [1.29, 1.82) is 0 Å². The van der Waals surface area contributed by atoms with Crippen LogP contribution in [0.25, 0.3) is 0 Å². The Morgan fingerprint density at radius 2 is 1.88 bits per heavy atom. The van der Waals surface area contributed by atoms with Gasteiger partial charge in [0.15, 0.2) is 0 Å². The van der Waals surface area contributed by atoms with Gasteiger partial charge in [0, 0.05) is 12.1 Å². The molecule has 0 saturated carbocycles. The third kappa shape index (κ3) is 5.45. The Bertz CT molecular complexity index is 857. The zero-order valence-electron chi connectivity index (χ0n) is 14.6. The zero-order chi connectivity index (χ0) is 19.2. The fourth-order valence-corrected chi connectivity index (χ4v) is 3.46. The van der Waals surface area contributed by atoms with Crippen LogP contribution < -0.4 is 10.1 Å². The van der Waals surface area contributed by atoms with E-state index >= 15 is 0 Å². The first-order valence-electron chi connectivity index (χ1n) is 7.98. The number of ether oxygens (including phenoxy) is 1. The minimum atomic E-state index is -3.69. The van der Waals surface area contributed by atoms with E-state index in [9.17, 15) is 13.2 Å². The van der Waals surface area contributed by atoms with Crippen molar-refractivity contribution in [1.82, 2.24) is 9.62 Å². The minimum Gasteiger partial charge on any atom is -0.492 e. The standard InChI is InChI=1S/C18H21ClN2O4S/c1-14-8-9-15(12-17(14)19)25-11-10-20-18(22)13-21(2)26(23,24)16-6-4-3-5-7-16/h3-9,12H,10-11,13H2,1-2H3,(H,20,22). The number of aryl methyl sites for hydroxylation is 1. The second kappa shape index (κ2) is 9.02. The summed E-state index contributed by atoms with van der Waals surface area (Å²) in [6, 6.07) is 13.3. The second-order valence-corrected chi connectivity index (χ2v) is 8.14. The normalized spacial score (nSPS) is 11.4. The van der Waals surface area contributed by atoms with Crippen LogP contribution in [0.3, 0.4) is 0 Å². The smallest absolute Gasteiger partial charge is 0.243 e. The van der Waals surface area contributed by atoms with Crippen molar-refractivity contribution in [3.05, 3.63) is 59.1 Å². The van der Waals surface area contributed by atoms with Crippen LogP contribution in [0.1, 0.15) is 5.56 Å². The summed E-state index contributed by atoms with van der Waals surface area (Å²) in [6.07, 6.45) is 0. The fraction of sp³-hybridized carbons (Fsp3) is 0.278. The average molecular weight is 397 g/mol. The third-order valence-electron chi connectivity index (χ3n) is 3.65. The maximum atomic E-state index is 12.4. The number of nitrogens with zero attached hydrogens (tertiary/aromatic N) is 1. The van der Waals surface area contributed by atoms with E-state index in [4.69, 9.17) is 16.3 Å². The van der Waals surface area contributed by atoms with Crippen LogP contribution in [0, 0.1) is 6.92 Å². The number of carbonyl (C=O) groups excluding carboxylic acids is 1. The van der Waals surface area contributed by atoms with Crippen LogP contribution in [0.2, 0.25) is 5.02 Å². The Morgan fingerprint density at radius 3 is 2.54 bits per heavy atom. The maximum absolute atomic E-state index is 12.4. The first-order chi connectivity index (χ1) is 12.3. The number of nitrogens with one attached hydrogen (secondary N) is 1. The highest BCUT2D eigenvalue weighted by molar-refractivity contribution is 7.89. The fourth-order valence-electron chi connectivity index (χ4n) is 2.14. The molecule has 0 bridgehead atoms. The van der Waals surface area contributed by atoms with Gasteiger partial charge in [-0.1, -0.05) is 35.9 Å². The number of hydrogen-bond acceptors (Lipinski definition) is 4. The summed E-state index contributed by atoms with van der Waals surface area (Å²) in [5, 5.41) is 3.24. The summed E-state index contributed by atoms with van der Waals surface area (Å²) in [5.41, 5.74) is 0.954. The number of carbonyl (C=O) groups is 1. The molecule has 2 rings (SSSR count). The SMILES string of the molecule is Cc1ccc(OCCNC(=O)CN(C)S(=O)(=O)c2ccccc2)cc1Cl.